The van der Waals surface area contributed by atoms with Gasteiger partial charge in [0.25, 0.3) is 0 Å². The number of para-hydroxylation sites is 1. The van der Waals surface area contributed by atoms with Crippen LogP contribution in [0.25, 0.3) is 0 Å². The van der Waals surface area contributed by atoms with Gasteiger partial charge >= 0.3 is 0 Å². The van der Waals surface area contributed by atoms with Crippen molar-refractivity contribution >= 4 is 5.91 Å². The number of imidazole rings is 1. The molecule has 146 valence electrons. The number of carbonyl (C=O) groups excluding carboxylic acids is 1. The van der Waals surface area contributed by atoms with Crippen molar-refractivity contribution in [2.75, 3.05) is 13.7 Å². The maximum Gasteiger partial charge on any atom is 0.221 e. The third-order valence-electron chi connectivity index (χ3n) is 5.29. The third kappa shape index (κ3) is 4.52. The molecule has 0 radical (unpaired) electrons. The highest BCUT2D eigenvalue weighted by Crippen LogP contribution is 2.36. The number of amides is 1. The van der Waals surface area contributed by atoms with E-state index in [-0.39, 0.29) is 11.8 Å². The summed E-state index contributed by atoms with van der Waals surface area (Å²) in [5.41, 5.74) is 2.15. The van der Waals surface area contributed by atoms with Crippen LogP contribution in [-0.2, 0) is 17.8 Å². The highest BCUT2D eigenvalue weighted by Gasteiger charge is 2.28. The molecule has 2 atom stereocenters. The largest absolute Gasteiger partial charge is 0.496 e. The molecule has 3 rings (SSSR count). The van der Waals surface area contributed by atoms with Gasteiger partial charge in [0.05, 0.1) is 7.11 Å². The maximum atomic E-state index is 12.7. The Hall–Kier alpha value is -2.30. The van der Waals surface area contributed by atoms with Crippen LogP contribution in [0.4, 0.5) is 0 Å². The molecule has 5 heteroatoms. The first-order chi connectivity index (χ1) is 13.0. The van der Waals surface area contributed by atoms with Crippen LogP contribution < -0.4 is 10.1 Å². The second kappa shape index (κ2) is 8.59. The van der Waals surface area contributed by atoms with Crippen molar-refractivity contribution in [1.29, 1.82) is 0 Å². The van der Waals surface area contributed by atoms with Crippen LogP contribution in [0.1, 0.15) is 56.6 Å². The zero-order valence-electron chi connectivity index (χ0n) is 16.9. The number of aryl methyl sites for hydroxylation is 1. The van der Waals surface area contributed by atoms with Crippen LogP contribution in [0.3, 0.4) is 0 Å². The summed E-state index contributed by atoms with van der Waals surface area (Å²) in [4.78, 5) is 17.3. The fourth-order valence-electron chi connectivity index (χ4n) is 3.80. The Morgan fingerprint density at radius 3 is 2.89 bits per heavy atom. The molecule has 5 nitrogen and oxygen atoms in total. The summed E-state index contributed by atoms with van der Waals surface area (Å²) >= 11 is 0. The van der Waals surface area contributed by atoms with Crippen molar-refractivity contribution in [3.05, 3.63) is 47.5 Å². The smallest absolute Gasteiger partial charge is 0.221 e. The number of carbonyl (C=O) groups is 1. The monoisotopic (exact) mass is 369 g/mol. The van der Waals surface area contributed by atoms with Crippen molar-refractivity contribution in [3.63, 3.8) is 0 Å². The van der Waals surface area contributed by atoms with Gasteiger partial charge in [-0.05, 0) is 24.3 Å². The number of rotatable bonds is 7. The van der Waals surface area contributed by atoms with Crippen molar-refractivity contribution in [2.45, 2.75) is 52.5 Å². The quantitative estimate of drug-likeness (QED) is 0.808. The lowest BCUT2D eigenvalue weighted by atomic mass is 9.90. The first kappa shape index (κ1) is 19.5. The summed E-state index contributed by atoms with van der Waals surface area (Å²) in [5, 5.41) is 3.06. The fourth-order valence-corrected chi connectivity index (χ4v) is 3.80. The van der Waals surface area contributed by atoms with Gasteiger partial charge in [-0.15, -0.1) is 0 Å². The van der Waals surface area contributed by atoms with Gasteiger partial charge in [0.1, 0.15) is 11.6 Å². The molecule has 1 aromatic heterocycles. The standard InChI is InChI=1S/C22H31N3O2/c1-15(2)12-24-22(26)11-18(17-7-5-6-8-20(17)27-4)19-13-23-21-10-9-16(3)14-25(19)21/h5-8,13,15-16,18H,9-12,14H2,1-4H3,(H,24,26)/t16-,18-/m0/s1. The lowest BCUT2D eigenvalue weighted by Gasteiger charge is -2.26. The van der Waals surface area contributed by atoms with Crippen LogP contribution in [-0.4, -0.2) is 29.1 Å². The molecule has 27 heavy (non-hydrogen) atoms. The number of hydrogen-bond donors (Lipinski definition) is 1. The van der Waals surface area contributed by atoms with Gasteiger partial charge in [0.2, 0.25) is 5.91 Å². The number of nitrogens with zero attached hydrogens (tertiary/aromatic N) is 2. The van der Waals surface area contributed by atoms with Crippen LogP contribution >= 0.6 is 0 Å². The molecular formula is C22H31N3O2. The second-order valence-electron chi connectivity index (χ2n) is 8.05. The summed E-state index contributed by atoms with van der Waals surface area (Å²) in [7, 11) is 1.68. The van der Waals surface area contributed by atoms with Gasteiger partial charge in [0.15, 0.2) is 0 Å². The molecule has 0 unspecified atom stereocenters. The highest BCUT2D eigenvalue weighted by molar-refractivity contribution is 5.77. The van der Waals surface area contributed by atoms with E-state index in [9.17, 15) is 4.79 Å². The molecule has 2 heterocycles. The molecule has 2 aromatic rings. The van der Waals surface area contributed by atoms with E-state index < -0.39 is 0 Å². The van der Waals surface area contributed by atoms with Crippen molar-refractivity contribution < 1.29 is 9.53 Å². The van der Waals surface area contributed by atoms with Crippen molar-refractivity contribution in [1.82, 2.24) is 14.9 Å². The van der Waals surface area contributed by atoms with Crippen molar-refractivity contribution in [2.24, 2.45) is 11.8 Å². The Labute approximate surface area is 162 Å². The fraction of sp³-hybridized carbons (Fsp3) is 0.545. The first-order valence-corrected chi connectivity index (χ1v) is 9.93. The number of benzene rings is 1. The normalized spacial score (nSPS) is 17.4. The number of nitrogens with one attached hydrogen (secondary N) is 1. The van der Waals surface area contributed by atoms with E-state index in [1.165, 1.54) is 6.42 Å². The van der Waals surface area contributed by atoms with Gasteiger partial charge < -0.3 is 14.6 Å². The minimum absolute atomic E-state index is 0.0685. The summed E-state index contributed by atoms with van der Waals surface area (Å²) in [5.74, 6) is 3.00. The molecule has 0 bridgehead atoms. The van der Waals surface area contributed by atoms with Gasteiger partial charge in [-0.3, -0.25) is 4.79 Å². The molecule has 0 fully saturated rings. The third-order valence-corrected chi connectivity index (χ3v) is 5.29. The zero-order valence-corrected chi connectivity index (χ0v) is 16.9. The zero-order chi connectivity index (χ0) is 19.4. The summed E-state index contributed by atoms with van der Waals surface area (Å²) in [6.45, 7) is 8.14. The number of methoxy groups -OCH3 is 1. The summed E-state index contributed by atoms with van der Waals surface area (Å²) < 4.78 is 7.93. The Kier molecular flexibility index (Phi) is 6.19. The molecule has 1 amide bonds. The van der Waals surface area contributed by atoms with Gasteiger partial charge in [-0.2, -0.15) is 0 Å². The average Bonchev–Trinajstić information content (AvgIpc) is 3.07. The van der Waals surface area contributed by atoms with E-state index in [1.54, 1.807) is 7.11 Å². The Balaban J connectivity index is 1.96. The molecule has 0 saturated carbocycles. The predicted molar refractivity (Wildman–Crippen MR) is 107 cm³/mol. The highest BCUT2D eigenvalue weighted by atomic mass is 16.5. The summed E-state index contributed by atoms with van der Waals surface area (Å²) in [6, 6.07) is 8.00. The average molecular weight is 370 g/mol. The Bertz CT molecular complexity index is 782. The molecule has 0 aliphatic carbocycles. The number of hydrogen-bond acceptors (Lipinski definition) is 3. The van der Waals surface area contributed by atoms with E-state index in [4.69, 9.17) is 4.74 Å². The van der Waals surface area contributed by atoms with Crippen LogP contribution in [0.2, 0.25) is 0 Å². The molecule has 1 aliphatic heterocycles. The lowest BCUT2D eigenvalue weighted by molar-refractivity contribution is -0.121. The van der Waals surface area contributed by atoms with E-state index in [0.717, 1.165) is 35.8 Å². The molecule has 1 aliphatic rings. The molecule has 0 spiro atoms. The van der Waals surface area contributed by atoms with E-state index in [2.05, 4.69) is 41.7 Å². The predicted octanol–water partition coefficient (Wildman–Crippen LogP) is 3.77. The van der Waals surface area contributed by atoms with E-state index in [0.29, 0.717) is 24.8 Å². The SMILES string of the molecule is COc1ccccc1[C@H](CC(=O)NCC(C)C)c1cnc2n1C[C@@H](C)CC2. The number of aromatic nitrogens is 2. The molecule has 1 N–H and O–H groups in total. The van der Waals surface area contributed by atoms with Gasteiger partial charge in [-0.1, -0.05) is 39.0 Å². The molecule has 1 aromatic carbocycles. The molecule has 0 saturated heterocycles. The van der Waals surface area contributed by atoms with Crippen molar-refractivity contribution in [3.8, 4) is 5.75 Å². The Morgan fingerprint density at radius 1 is 1.37 bits per heavy atom. The molecular weight excluding hydrogens is 338 g/mol. The van der Waals surface area contributed by atoms with Crippen LogP contribution in [0, 0.1) is 11.8 Å². The lowest BCUT2D eigenvalue weighted by Crippen LogP contribution is -2.30. The second-order valence-corrected chi connectivity index (χ2v) is 8.05. The minimum atomic E-state index is -0.0696. The number of fused-ring (bicyclic) bond motifs is 1. The van der Waals surface area contributed by atoms with Crippen LogP contribution in [0.5, 0.6) is 5.75 Å². The summed E-state index contributed by atoms with van der Waals surface area (Å²) in [6.07, 6.45) is 4.52. The first-order valence-electron chi connectivity index (χ1n) is 9.93. The minimum Gasteiger partial charge on any atom is -0.496 e. The van der Waals surface area contributed by atoms with E-state index >= 15 is 0 Å². The van der Waals surface area contributed by atoms with Gasteiger partial charge in [0, 0.05) is 49.3 Å². The number of ether oxygens (including phenoxy) is 1. The van der Waals surface area contributed by atoms with E-state index in [1.807, 2.05) is 24.4 Å². The van der Waals surface area contributed by atoms with Crippen LogP contribution in [0.15, 0.2) is 30.5 Å². The topological polar surface area (TPSA) is 56.1 Å². The maximum absolute atomic E-state index is 12.7. The van der Waals surface area contributed by atoms with Gasteiger partial charge in [-0.25, -0.2) is 4.98 Å². The Morgan fingerprint density at radius 2 is 2.15 bits per heavy atom.